The van der Waals surface area contributed by atoms with Gasteiger partial charge in [-0.3, -0.25) is 0 Å². The lowest BCUT2D eigenvalue weighted by Crippen LogP contribution is -2.14. The van der Waals surface area contributed by atoms with Crippen LogP contribution < -0.4 is 9.88 Å². The Balaban J connectivity index is 3.25. The van der Waals surface area contributed by atoms with Gasteiger partial charge in [0.1, 0.15) is 12.4 Å². The second-order valence-electron chi connectivity index (χ2n) is 3.35. The molecular weight excluding hydrogens is 226 g/mol. The van der Waals surface area contributed by atoms with Crippen LogP contribution in [0.15, 0.2) is 17.0 Å². The van der Waals surface area contributed by atoms with E-state index in [2.05, 4.69) is 5.92 Å². The molecular formula is C11H13NO3S. The van der Waals surface area contributed by atoms with Gasteiger partial charge in [0, 0.05) is 0 Å². The first kappa shape index (κ1) is 12.6. The normalized spacial score (nSPS) is 10.9. The Morgan fingerprint density at radius 2 is 2.00 bits per heavy atom. The topological polar surface area (TPSA) is 69.4 Å². The molecule has 0 aliphatic heterocycles. The molecule has 0 aromatic heterocycles. The number of sulfonamides is 1. The molecule has 2 N–H and O–H groups in total. The molecule has 0 saturated carbocycles. The lowest BCUT2D eigenvalue weighted by Gasteiger charge is -2.11. The van der Waals surface area contributed by atoms with E-state index < -0.39 is 10.0 Å². The van der Waals surface area contributed by atoms with Gasteiger partial charge >= 0.3 is 0 Å². The third kappa shape index (κ3) is 2.54. The van der Waals surface area contributed by atoms with Crippen LogP contribution in [0.3, 0.4) is 0 Å². The van der Waals surface area contributed by atoms with Crippen LogP contribution >= 0.6 is 0 Å². The zero-order valence-electron chi connectivity index (χ0n) is 9.15. The minimum Gasteiger partial charge on any atom is -0.481 e. The van der Waals surface area contributed by atoms with E-state index in [1.807, 2.05) is 0 Å². The number of ether oxygens (including phenoxy) is 1. The first-order chi connectivity index (χ1) is 7.38. The van der Waals surface area contributed by atoms with Crippen molar-refractivity contribution in [3.63, 3.8) is 0 Å². The van der Waals surface area contributed by atoms with Crippen LogP contribution in [0.2, 0.25) is 0 Å². The van der Waals surface area contributed by atoms with Crippen molar-refractivity contribution >= 4 is 10.0 Å². The Kier molecular flexibility index (Phi) is 3.58. The number of nitrogens with two attached hydrogens (primary N) is 1. The summed E-state index contributed by atoms with van der Waals surface area (Å²) in [4.78, 5) is 0.109. The average Bonchev–Trinajstić information content (AvgIpc) is 2.18. The van der Waals surface area contributed by atoms with Gasteiger partial charge in [-0.15, -0.1) is 6.42 Å². The molecule has 0 fully saturated rings. The van der Waals surface area contributed by atoms with Gasteiger partial charge in [-0.1, -0.05) is 5.92 Å². The molecule has 86 valence electrons. The van der Waals surface area contributed by atoms with Gasteiger partial charge in [-0.25, -0.2) is 13.6 Å². The smallest absolute Gasteiger partial charge is 0.238 e. The lowest BCUT2D eigenvalue weighted by atomic mass is 10.1. The molecule has 0 radical (unpaired) electrons. The molecule has 0 aliphatic rings. The van der Waals surface area contributed by atoms with Crippen molar-refractivity contribution in [2.75, 3.05) is 6.61 Å². The molecule has 0 bridgehead atoms. The van der Waals surface area contributed by atoms with Gasteiger partial charge < -0.3 is 4.74 Å². The Labute approximate surface area is 95.5 Å². The van der Waals surface area contributed by atoms with Crippen molar-refractivity contribution in [3.8, 4) is 18.1 Å². The van der Waals surface area contributed by atoms with Gasteiger partial charge in [-0.05, 0) is 37.1 Å². The maximum atomic E-state index is 11.2. The summed E-state index contributed by atoms with van der Waals surface area (Å²) in [5.41, 5.74) is 1.30. The van der Waals surface area contributed by atoms with Crippen molar-refractivity contribution in [3.05, 3.63) is 23.3 Å². The fraction of sp³-hybridized carbons (Fsp3) is 0.273. The second-order valence-corrected chi connectivity index (χ2v) is 4.88. The van der Waals surface area contributed by atoms with E-state index in [-0.39, 0.29) is 11.5 Å². The molecule has 0 spiro atoms. The highest BCUT2D eigenvalue weighted by atomic mass is 32.2. The third-order valence-electron chi connectivity index (χ3n) is 2.31. The minimum atomic E-state index is -3.69. The van der Waals surface area contributed by atoms with Crippen LogP contribution in [-0.4, -0.2) is 15.0 Å². The first-order valence-electron chi connectivity index (χ1n) is 4.57. The van der Waals surface area contributed by atoms with E-state index in [1.54, 1.807) is 19.9 Å². The van der Waals surface area contributed by atoms with Crippen LogP contribution in [0.4, 0.5) is 0 Å². The summed E-state index contributed by atoms with van der Waals surface area (Å²) in [5.74, 6) is 2.91. The fourth-order valence-corrected chi connectivity index (χ4v) is 2.19. The molecule has 16 heavy (non-hydrogen) atoms. The number of primary sulfonamides is 1. The summed E-state index contributed by atoms with van der Waals surface area (Å²) < 4.78 is 27.7. The van der Waals surface area contributed by atoms with Crippen molar-refractivity contribution in [2.45, 2.75) is 18.7 Å². The van der Waals surface area contributed by atoms with E-state index in [4.69, 9.17) is 16.3 Å². The van der Waals surface area contributed by atoms with Crippen LogP contribution in [0.5, 0.6) is 5.75 Å². The van der Waals surface area contributed by atoms with E-state index >= 15 is 0 Å². The highest BCUT2D eigenvalue weighted by Gasteiger charge is 2.15. The van der Waals surface area contributed by atoms with E-state index in [1.165, 1.54) is 6.07 Å². The zero-order valence-corrected chi connectivity index (χ0v) is 9.97. The highest BCUT2D eigenvalue weighted by molar-refractivity contribution is 7.89. The van der Waals surface area contributed by atoms with Crippen molar-refractivity contribution < 1.29 is 13.2 Å². The van der Waals surface area contributed by atoms with E-state index in [9.17, 15) is 8.42 Å². The number of rotatable bonds is 3. The molecule has 0 amide bonds. The SMILES string of the molecule is C#CCOc1ccc(S(N)(=O)=O)c(C)c1C. The molecule has 0 aliphatic carbocycles. The van der Waals surface area contributed by atoms with Gasteiger partial charge in [0.25, 0.3) is 0 Å². The van der Waals surface area contributed by atoms with Gasteiger partial charge in [0.05, 0.1) is 4.90 Å². The number of benzene rings is 1. The minimum absolute atomic E-state index is 0.109. The lowest BCUT2D eigenvalue weighted by molar-refractivity contribution is 0.367. The monoisotopic (exact) mass is 239 g/mol. The number of hydrogen-bond acceptors (Lipinski definition) is 3. The molecule has 4 nitrogen and oxygen atoms in total. The summed E-state index contributed by atoms with van der Waals surface area (Å²) in [5, 5.41) is 5.08. The highest BCUT2D eigenvalue weighted by Crippen LogP contribution is 2.26. The fourth-order valence-electron chi connectivity index (χ4n) is 1.35. The van der Waals surface area contributed by atoms with Gasteiger partial charge in [0.15, 0.2) is 0 Å². The Morgan fingerprint density at radius 3 is 2.50 bits per heavy atom. The van der Waals surface area contributed by atoms with Crippen LogP contribution in [0.25, 0.3) is 0 Å². The second kappa shape index (κ2) is 4.56. The van der Waals surface area contributed by atoms with Crippen LogP contribution in [0.1, 0.15) is 11.1 Å². The first-order valence-corrected chi connectivity index (χ1v) is 6.12. The van der Waals surface area contributed by atoms with Crippen LogP contribution in [0, 0.1) is 26.2 Å². The summed E-state index contributed by atoms with van der Waals surface area (Å²) in [6, 6.07) is 2.98. The standard InChI is InChI=1S/C11H13NO3S/c1-4-7-15-10-5-6-11(16(12,13)14)9(3)8(10)2/h1,5-6H,7H2,2-3H3,(H2,12,13,14). The molecule has 0 atom stereocenters. The number of terminal acetylenes is 1. The Hall–Kier alpha value is -1.51. The summed E-state index contributed by atoms with van der Waals surface area (Å²) in [7, 11) is -3.69. The summed E-state index contributed by atoms with van der Waals surface area (Å²) in [6.45, 7) is 3.59. The average molecular weight is 239 g/mol. The molecule has 1 rings (SSSR count). The molecule has 0 heterocycles. The number of hydrogen-bond donors (Lipinski definition) is 1. The van der Waals surface area contributed by atoms with Crippen molar-refractivity contribution in [1.29, 1.82) is 0 Å². The predicted molar refractivity (Wildman–Crippen MR) is 61.6 cm³/mol. The molecule has 5 heteroatoms. The molecule has 0 unspecified atom stereocenters. The maximum absolute atomic E-state index is 11.2. The predicted octanol–water partition coefficient (Wildman–Crippen LogP) is 0.963. The largest absolute Gasteiger partial charge is 0.481 e. The maximum Gasteiger partial charge on any atom is 0.238 e. The molecule has 0 saturated heterocycles. The van der Waals surface area contributed by atoms with Crippen molar-refractivity contribution in [2.24, 2.45) is 5.14 Å². The molecule has 1 aromatic carbocycles. The Morgan fingerprint density at radius 1 is 1.38 bits per heavy atom. The summed E-state index contributed by atoms with van der Waals surface area (Å²) >= 11 is 0. The van der Waals surface area contributed by atoms with E-state index in [0.29, 0.717) is 11.3 Å². The quantitative estimate of drug-likeness (QED) is 0.799. The molecule has 1 aromatic rings. The van der Waals surface area contributed by atoms with Gasteiger partial charge in [-0.2, -0.15) is 0 Å². The summed E-state index contributed by atoms with van der Waals surface area (Å²) in [6.07, 6.45) is 5.07. The van der Waals surface area contributed by atoms with Crippen LogP contribution in [-0.2, 0) is 10.0 Å². The third-order valence-corrected chi connectivity index (χ3v) is 3.36. The van der Waals surface area contributed by atoms with Gasteiger partial charge in [0.2, 0.25) is 10.0 Å². The zero-order chi connectivity index (χ0) is 12.3. The van der Waals surface area contributed by atoms with Crippen molar-refractivity contribution in [1.82, 2.24) is 0 Å². The Bertz CT molecular complexity index is 541. The van der Waals surface area contributed by atoms with E-state index in [0.717, 1.165) is 5.56 Å².